The Morgan fingerprint density at radius 3 is 1.19 bits per heavy atom. The van der Waals surface area contributed by atoms with Gasteiger partial charge in [0, 0.05) is 57.6 Å². The molecule has 0 spiro atoms. The molecule has 0 saturated carbocycles. The Morgan fingerprint density at radius 1 is 0.447 bits per heavy atom. The number of allylic oxidation sites excluding steroid dienone is 1. The van der Waals surface area contributed by atoms with E-state index in [4.69, 9.17) is 5.73 Å². The van der Waals surface area contributed by atoms with Gasteiger partial charge >= 0.3 is 0 Å². The van der Waals surface area contributed by atoms with Crippen molar-refractivity contribution in [2.24, 2.45) is 15.7 Å². The summed E-state index contributed by atoms with van der Waals surface area (Å²) in [4.78, 5) is 22.2. The van der Waals surface area contributed by atoms with Crippen LogP contribution >= 0.6 is 0 Å². The van der Waals surface area contributed by atoms with Gasteiger partial charge in [-0.3, -0.25) is 9.98 Å². The Balaban J connectivity index is -0.000000181. The second-order valence-corrected chi connectivity index (χ2v) is 27.0. The van der Waals surface area contributed by atoms with Gasteiger partial charge in [-0.15, -0.1) is 0 Å². The summed E-state index contributed by atoms with van der Waals surface area (Å²) in [5.41, 5.74) is 6.77. The number of hydrogen-bond donors (Lipinski definition) is 8. The SMILES string of the molecule is CCC.CCC.CCCCC.CCCCCCCCCNCCCNC.CCCCCNCCCNC.CCCCN(C)C.CN(C)CCNCCN(C)C.CN1CCC(N2CCCCC2)CC1.CN1CCCCC1.CNCCCC1=CN=CC1.CNCCCN=C(C)N. The predicted molar refractivity (Wildman–Crippen MR) is 433 cm³/mol. The van der Waals surface area contributed by atoms with Crippen LogP contribution in [0.1, 0.15) is 268 Å². The van der Waals surface area contributed by atoms with E-state index in [1.807, 2.05) is 40.6 Å². The molecule has 0 amide bonds. The van der Waals surface area contributed by atoms with Gasteiger partial charge in [-0.25, -0.2) is 0 Å². The lowest BCUT2D eigenvalue weighted by atomic mass is 10.0. The highest BCUT2D eigenvalue weighted by Crippen LogP contribution is 2.20. The van der Waals surface area contributed by atoms with E-state index in [1.54, 1.807) is 6.92 Å². The number of likely N-dealkylation sites (tertiary alicyclic amines) is 3. The fraction of sp³-hybridized carbons (Fsp3) is 0.949. The minimum Gasteiger partial charge on any atom is -0.388 e. The Bertz CT molecular complexity index is 1310. The largest absolute Gasteiger partial charge is 0.388 e. The summed E-state index contributed by atoms with van der Waals surface area (Å²) in [6.45, 7) is 45.0. The molecule has 0 aliphatic carbocycles. The van der Waals surface area contributed by atoms with E-state index < -0.39 is 0 Å². The molecule has 3 fully saturated rings. The van der Waals surface area contributed by atoms with E-state index in [0.717, 1.165) is 90.9 Å². The Hall–Kier alpha value is -1.64. The fourth-order valence-corrected chi connectivity index (χ4v) is 9.54. The second-order valence-electron chi connectivity index (χ2n) is 27.0. The molecule has 0 aromatic carbocycles. The van der Waals surface area contributed by atoms with Crippen LogP contribution in [0.3, 0.4) is 0 Å². The van der Waals surface area contributed by atoms with Crippen LogP contribution < -0.4 is 43.0 Å². The number of likely N-dealkylation sites (N-methyl/N-ethyl adjacent to an activating group) is 2. The number of hydrogen-bond acceptors (Lipinski definition) is 15. The summed E-state index contributed by atoms with van der Waals surface area (Å²) < 4.78 is 0. The smallest absolute Gasteiger partial charge is 0.0905 e. The van der Waals surface area contributed by atoms with E-state index in [0.29, 0.717) is 5.84 Å². The fourth-order valence-electron chi connectivity index (χ4n) is 9.54. The van der Waals surface area contributed by atoms with Gasteiger partial charge in [0.2, 0.25) is 0 Å². The van der Waals surface area contributed by atoms with E-state index >= 15 is 0 Å². The van der Waals surface area contributed by atoms with Crippen LogP contribution in [0.5, 0.6) is 0 Å². The lowest BCUT2D eigenvalue weighted by molar-refractivity contribution is 0.103. The second kappa shape index (κ2) is 97.7. The number of piperidine rings is 3. The van der Waals surface area contributed by atoms with Crippen molar-refractivity contribution in [3.8, 4) is 0 Å². The number of amidine groups is 1. The minimum absolute atomic E-state index is 0.672. The van der Waals surface area contributed by atoms with Gasteiger partial charge in [0.15, 0.2) is 0 Å². The maximum atomic E-state index is 5.30. The molecule has 0 aromatic heterocycles. The summed E-state index contributed by atoms with van der Waals surface area (Å²) in [7, 11) is 24.9. The zero-order valence-electron chi connectivity index (χ0n) is 68.4. The van der Waals surface area contributed by atoms with Crippen LogP contribution in [0.25, 0.3) is 0 Å². The van der Waals surface area contributed by atoms with Crippen molar-refractivity contribution in [2.45, 2.75) is 274 Å². The summed E-state index contributed by atoms with van der Waals surface area (Å²) in [6, 6.07) is 0.913. The van der Waals surface area contributed by atoms with Crippen molar-refractivity contribution in [1.82, 2.24) is 66.6 Å². The highest BCUT2D eigenvalue weighted by molar-refractivity contribution is 5.77. The Kier molecular flexibility index (Phi) is 110. The number of nitrogens with one attached hydrogen (secondary N) is 7. The number of nitrogens with two attached hydrogens (primary N) is 1. The van der Waals surface area contributed by atoms with E-state index in [9.17, 15) is 0 Å². The molecule has 16 nitrogen and oxygen atoms in total. The summed E-state index contributed by atoms with van der Waals surface area (Å²) in [5, 5.41) is 22.7. The zero-order valence-corrected chi connectivity index (χ0v) is 68.4. The van der Waals surface area contributed by atoms with Crippen LogP contribution in [-0.4, -0.2) is 263 Å². The normalized spacial score (nSPS) is 14.6. The molecular formula is C78H180N16. The average molecular weight is 1340 g/mol. The van der Waals surface area contributed by atoms with Crippen LogP contribution in [0, 0.1) is 0 Å². The maximum absolute atomic E-state index is 5.30. The predicted octanol–water partition coefficient (Wildman–Crippen LogP) is 14.4. The van der Waals surface area contributed by atoms with Gasteiger partial charge in [-0.1, -0.05) is 165 Å². The first-order valence-electron chi connectivity index (χ1n) is 39.6. The third kappa shape index (κ3) is 112. The highest BCUT2D eigenvalue weighted by Gasteiger charge is 2.23. The third-order valence-corrected chi connectivity index (χ3v) is 15.4. The number of nitrogens with zero attached hydrogens (tertiary/aromatic N) is 8. The quantitative estimate of drug-likeness (QED) is 0.0167. The third-order valence-electron chi connectivity index (χ3n) is 15.4. The molecule has 572 valence electrons. The lowest BCUT2D eigenvalue weighted by Gasteiger charge is -2.39. The van der Waals surface area contributed by atoms with Crippen molar-refractivity contribution >= 4 is 12.1 Å². The van der Waals surface area contributed by atoms with Crippen molar-refractivity contribution in [3.63, 3.8) is 0 Å². The molecule has 3 saturated heterocycles. The van der Waals surface area contributed by atoms with Crippen molar-refractivity contribution < 1.29 is 0 Å². The van der Waals surface area contributed by atoms with Crippen LogP contribution in [0.15, 0.2) is 21.8 Å². The molecule has 16 heteroatoms. The van der Waals surface area contributed by atoms with Gasteiger partial charge in [0.25, 0.3) is 0 Å². The van der Waals surface area contributed by atoms with Crippen LogP contribution in [0.4, 0.5) is 0 Å². The van der Waals surface area contributed by atoms with Gasteiger partial charge in [0.05, 0.1) is 5.84 Å². The van der Waals surface area contributed by atoms with Crippen LogP contribution in [0.2, 0.25) is 0 Å². The number of rotatable bonds is 40. The van der Waals surface area contributed by atoms with E-state index in [1.165, 1.54) is 251 Å². The van der Waals surface area contributed by atoms with E-state index in [2.05, 4.69) is 195 Å². The summed E-state index contributed by atoms with van der Waals surface area (Å²) in [6.07, 6.45) is 45.4. The topological polar surface area (TPSA) is 154 Å². The molecule has 9 N–H and O–H groups in total. The molecule has 94 heavy (non-hydrogen) atoms. The first-order chi connectivity index (χ1) is 45.4. The Morgan fingerprint density at radius 2 is 0.819 bits per heavy atom. The van der Waals surface area contributed by atoms with Crippen molar-refractivity contribution in [3.05, 3.63) is 11.8 Å². The van der Waals surface area contributed by atoms with Crippen molar-refractivity contribution in [2.75, 3.05) is 215 Å². The molecule has 0 atom stereocenters. The van der Waals surface area contributed by atoms with Gasteiger partial charge in [-0.05, 0) is 285 Å². The van der Waals surface area contributed by atoms with Gasteiger partial charge < -0.3 is 72.4 Å². The summed E-state index contributed by atoms with van der Waals surface area (Å²) in [5.74, 6) is 0.672. The minimum atomic E-state index is 0.672. The first-order valence-corrected chi connectivity index (χ1v) is 39.6. The van der Waals surface area contributed by atoms with Gasteiger partial charge in [-0.2, -0.15) is 0 Å². The van der Waals surface area contributed by atoms with E-state index in [-0.39, 0.29) is 0 Å². The van der Waals surface area contributed by atoms with Gasteiger partial charge in [0.1, 0.15) is 0 Å². The molecule has 0 unspecified atom stereocenters. The Labute approximate surface area is 593 Å². The molecule has 0 radical (unpaired) electrons. The molecule has 4 rings (SSSR count). The number of unbranched alkanes of at least 4 members (excludes halogenated alkanes) is 11. The monoisotopic (exact) mass is 1340 g/mol. The van der Waals surface area contributed by atoms with Crippen LogP contribution in [-0.2, 0) is 0 Å². The zero-order chi connectivity index (χ0) is 72.0. The highest BCUT2D eigenvalue weighted by atomic mass is 15.2. The lowest BCUT2D eigenvalue weighted by Crippen LogP contribution is -2.45. The average Bonchev–Trinajstić information content (AvgIpc) is 3.16. The molecular weight excluding hydrogens is 1160 g/mol. The van der Waals surface area contributed by atoms with Crippen molar-refractivity contribution in [1.29, 1.82) is 0 Å². The first kappa shape index (κ1) is 106. The molecule has 4 aliphatic rings. The number of aliphatic imine (C=N–C) groups is 2. The molecule has 4 aliphatic heterocycles. The standard InChI is InChI=1S/C13H30N2.C11H22N2.C9H22N2.C8H21N3.C8H14N2.C6H15N3.C6H13N.C6H15N.C5H12.2C3H8/c1-3-4-5-6-7-8-9-12-15-13-10-11-14-2;1-12-9-5-11(6-10-12)13-7-3-2-4-8-13;1-3-4-5-8-11-9-6-7-10-2;1-10(2)7-5-9-6-8-11(3)4;1-9-5-2-3-8-4-6-10-7-8;1-6(7)9-5-3-4-8-2;1-7-5-3-2-4-6-7;1-4-5-6-7(2)3;1-3-5-4-2;2*1-3-2/h14-15H,3-13H2,1-2H3;11H,2-10H2,1H3;10-11H,3-9H2,1-2H3;9H,5-8H2,1-4H3;6-7,9H,2-5H2,1H3;8H,3-5H2,1-2H3,(H2,7,9);2-6H2,1H3;4-6H2,1-3H3;3-5H2,1-2H3;2*3H2,1-2H3. The molecule has 0 aromatic rings. The molecule has 0 bridgehead atoms. The summed E-state index contributed by atoms with van der Waals surface area (Å²) >= 11 is 0. The maximum Gasteiger partial charge on any atom is 0.0905 e. The molecule has 4 heterocycles.